The van der Waals surface area contributed by atoms with Crippen LogP contribution in [0.4, 0.5) is 5.69 Å². The molecule has 3 aliphatic rings. The Hall–Kier alpha value is -6.06. The third-order valence-electron chi connectivity index (χ3n) is 10.6. The summed E-state index contributed by atoms with van der Waals surface area (Å²) in [7, 11) is 0. The number of rotatable bonds is 1. The zero-order chi connectivity index (χ0) is 30.7. The summed E-state index contributed by atoms with van der Waals surface area (Å²) in [5.74, 6) is 0. The van der Waals surface area contributed by atoms with Crippen LogP contribution in [0.3, 0.4) is 0 Å². The molecular formula is C44H26N3-. The Morgan fingerprint density at radius 1 is 0.532 bits per heavy atom. The Morgan fingerprint density at radius 2 is 1.17 bits per heavy atom. The maximum atomic E-state index is 5.41. The number of benzene rings is 6. The Balaban J connectivity index is 1.21. The first-order valence-electron chi connectivity index (χ1n) is 16.2. The average Bonchev–Trinajstić information content (AvgIpc) is 3.61. The first-order chi connectivity index (χ1) is 23.3. The maximum Gasteiger partial charge on any atom is 0.0972 e. The van der Waals surface area contributed by atoms with E-state index in [9.17, 15) is 0 Å². The average molecular weight is 597 g/mol. The molecule has 0 amide bonds. The Kier molecular flexibility index (Phi) is 4.83. The number of hydrogen-bond donors (Lipinski definition) is 0. The van der Waals surface area contributed by atoms with Gasteiger partial charge >= 0.3 is 0 Å². The molecule has 0 fully saturated rings. The van der Waals surface area contributed by atoms with E-state index in [0.717, 1.165) is 55.2 Å². The number of fused-ring (bicyclic) bond motifs is 16. The van der Waals surface area contributed by atoms with E-state index in [4.69, 9.17) is 15.3 Å². The summed E-state index contributed by atoms with van der Waals surface area (Å²) in [6, 6.07) is 49.0. The smallest absolute Gasteiger partial charge is 0.0972 e. The second kappa shape index (κ2) is 9.02. The lowest BCUT2D eigenvalue weighted by molar-refractivity contribution is 0.794. The van der Waals surface area contributed by atoms with Gasteiger partial charge < -0.3 is 5.32 Å². The second-order valence-electron chi connectivity index (χ2n) is 12.8. The van der Waals surface area contributed by atoms with E-state index in [-0.39, 0.29) is 0 Å². The zero-order valence-corrected chi connectivity index (χ0v) is 25.4. The number of hydrogen-bond acceptors (Lipinski definition) is 2. The van der Waals surface area contributed by atoms with E-state index in [1.54, 1.807) is 0 Å². The van der Waals surface area contributed by atoms with Crippen LogP contribution in [0.25, 0.3) is 77.6 Å². The number of nitrogens with zero attached hydrogens (tertiary/aromatic N) is 3. The minimum Gasteiger partial charge on any atom is -0.679 e. The third-order valence-corrected chi connectivity index (χ3v) is 10.6. The molecule has 0 saturated carbocycles. The summed E-state index contributed by atoms with van der Waals surface area (Å²) in [6.45, 7) is 0.683. The molecule has 3 heteroatoms. The van der Waals surface area contributed by atoms with Gasteiger partial charge in [-0.3, -0.25) is 0 Å². The van der Waals surface area contributed by atoms with Gasteiger partial charge in [0, 0.05) is 21.7 Å². The van der Waals surface area contributed by atoms with Crippen molar-refractivity contribution in [2.45, 2.75) is 5.41 Å². The van der Waals surface area contributed by atoms with Gasteiger partial charge in [0.05, 0.1) is 27.7 Å². The monoisotopic (exact) mass is 596 g/mol. The van der Waals surface area contributed by atoms with Crippen LogP contribution >= 0.6 is 0 Å². The lowest BCUT2D eigenvalue weighted by Crippen LogP contribution is -2.25. The molecule has 47 heavy (non-hydrogen) atoms. The summed E-state index contributed by atoms with van der Waals surface area (Å²) < 4.78 is 0. The van der Waals surface area contributed by atoms with E-state index in [0.29, 0.717) is 6.54 Å². The van der Waals surface area contributed by atoms with Gasteiger partial charge in [-0.25, -0.2) is 9.97 Å². The highest BCUT2D eigenvalue weighted by molar-refractivity contribution is 6.13. The normalized spacial score (nSPS) is 14.6. The molecule has 218 valence electrons. The van der Waals surface area contributed by atoms with Gasteiger partial charge in [0.15, 0.2) is 0 Å². The van der Waals surface area contributed by atoms with Crippen molar-refractivity contribution in [2.24, 2.45) is 0 Å². The summed E-state index contributed by atoms with van der Waals surface area (Å²) in [5.41, 5.74) is 17.1. The van der Waals surface area contributed by atoms with Crippen LogP contribution in [0.5, 0.6) is 0 Å². The molecule has 0 N–H and O–H groups in total. The molecule has 3 heterocycles. The molecule has 0 radical (unpaired) electrons. The van der Waals surface area contributed by atoms with Crippen molar-refractivity contribution >= 4 is 44.5 Å². The van der Waals surface area contributed by atoms with Crippen LogP contribution < -0.4 is 0 Å². The predicted octanol–water partition coefficient (Wildman–Crippen LogP) is 11.0. The summed E-state index contributed by atoms with van der Waals surface area (Å²) in [6.07, 6.45) is 4.24. The maximum absolute atomic E-state index is 5.41. The van der Waals surface area contributed by atoms with E-state index in [1.807, 2.05) is 0 Å². The fraction of sp³-hybridized carbons (Fsp3) is 0.0455. The van der Waals surface area contributed by atoms with E-state index >= 15 is 0 Å². The molecule has 0 saturated heterocycles. The lowest BCUT2D eigenvalue weighted by atomic mass is 9.70. The van der Waals surface area contributed by atoms with E-state index in [1.165, 1.54) is 44.5 Å². The highest BCUT2D eigenvalue weighted by atomic mass is 14.9. The van der Waals surface area contributed by atoms with E-state index < -0.39 is 5.41 Å². The van der Waals surface area contributed by atoms with Crippen molar-refractivity contribution in [3.8, 4) is 33.5 Å². The zero-order valence-electron chi connectivity index (χ0n) is 25.4. The standard InChI is InChI=1S/C44H26N3/c1-2-15-34-33(14-1)40(46-39-25-28-20-19-26-10-9-23-45-41(26)42(28)47-43(34)39)27-21-22-32-31-13-5-8-18-37(31)44(38(32)24-27)35-16-6-3-11-29(35)30-12-4-7-17-36(30)44/h1-22,24-25H,23H2/q-1. The van der Waals surface area contributed by atoms with Crippen LogP contribution in [0.2, 0.25) is 0 Å². The fourth-order valence-corrected chi connectivity index (χ4v) is 8.68. The van der Waals surface area contributed by atoms with Crippen LogP contribution in [-0.2, 0) is 5.41 Å². The van der Waals surface area contributed by atoms with Crippen molar-refractivity contribution < 1.29 is 0 Å². The summed E-state index contributed by atoms with van der Waals surface area (Å²) in [4.78, 5) is 10.7. The van der Waals surface area contributed by atoms with Gasteiger partial charge in [0.2, 0.25) is 0 Å². The number of pyridine rings is 2. The quantitative estimate of drug-likeness (QED) is 0.140. The van der Waals surface area contributed by atoms with Crippen LogP contribution in [0.1, 0.15) is 27.8 Å². The van der Waals surface area contributed by atoms with Crippen molar-refractivity contribution in [3.63, 3.8) is 0 Å². The third kappa shape index (κ3) is 3.16. The Labute approximate surface area is 271 Å². The summed E-state index contributed by atoms with van der Waals surface area (Å²) in [5, 5.41) is 8.09. The fourth-order valence-electron chi connectivity index (χ4n) is 8.68. The van der Waals surface area contributed by atoms with Gasteiger partial charge in [0.25, 0.3) is 0 Å². The Bertz CT molecular complexity index is 2640. The second-order valence-corrected chi connectivity index (χ2v) is 12.8. The highest BCUT2D eigenvalue weighted by Gasteiger charge is 2.51. The van der Waals surface area contributed by atoms with Crippen molar-refractivity contribution in [3.05, 3.63) is 173 Å². The van der Waals surface area contributed by atoms with Crippen LogP contribution in [0.15, 0.2) is 140 Å². The molecule has 2 aromatic heterocycles. The molecule has 8 aromatic rings. The molecule has 0 atom stereocenters. The minimum absolute atomic E-state index is 0.392. The Morgan fingerprint density at radius 3 is 1.89 bits per heavy atom. The van der Waals surface area contributed by atoms with E-state index in [2.05, 4.69) is 146 Å². The lowest BCUT2D eigenvalue weighted by Gasteiger charge is -2.30. The van der Waals surface area contributed by atoms with Gasteiger partial charge in [-0.1, -0.05) is 127 Å². The molecule has 0 unspecified atom stereocenters. The molecular weight excluding hydrogens is 571 g/mol. The van der Waals surface area contributed by atoms with Crippen LogP contribution in [-0.4, -0.2) is 16.5 Å². The molecule has 1 aliphatic heterocycles. The predicted molar refractivity (Wildman–Crippen MR) is 193 cm³/mol. The van der Waals surface area contributed by atoms with Gasteiger partial charge in [-0.15, -0.1) is 18.3 Å². The first-order valence-corrected chi connectivity index (χ1v) is 16.2. The van der Waals surface area contributed by atoms with Crippen molar-refractivity contribution in [2.75, 3.05) is 6.54 Å². The van der Waals surface area contributed by atoms with Crippen molar-refractivity contribution in [1.29, 1.82) is 0 Å². The number of aromatic nitrogens is 2. The van der Waals surface area contributed by atoms with Crippen LogP contribution in [0, 0.1) is 0 Å². The molecule has 1 spiro atoms. The van der Waals surface area contributed by atoms with Gasteiger partial charge in [0.1, 0.15) is 0 Å². The topological polar surface area (TPSA) is 39.9 Å². The molecule has 2 aliphatic carbocycles. The highest BCUT2D eigenvalue weighted by Crippen LogP contribution is 2.63. The molecule has 6 aromatic carbocycles. The molecule has 3 nitrogen and oxygen atoms in total. The molecule has 11 rings (SSSR count). The molecule has 0 bridgehead atoms. The largest absolute Gasteiger partial charge is 0.679 e. The van der Waals surface area contributed by atoms with Crippen molar-refractivity contribution in [1.82, 2.24) is 9.97 Å². The summed E-state index contributed by atoms with van der Waals surface area (Å²) >= 11 is 0. The first kappa shape index (κ1) is 25.2. The van der Waals surface area contributed by atoms with Gasteiger partial charge in [-0.05, 0) is 62.2 Å². The minimum atomic E-state index is -0.392. The SMILES string of the molecule is C1=Cc2ccc3cc4nc(-c5ccc6c(c5)C5(c7ccccc7-c7ccccc75)c5ccccc5-6)c5ccccc5c4nc3c2[N-]C1. The van der Waals surface area contributed by atoms with Gasteiger partial charge in [-0.2, -0.15) is 0 Å².